The van der Waals surface area contributed by atoms with Crippen molar-refractivity contribution in [1.82, 2.24) is 10.2 Å². The summed E-state index contributed by atoms with van der Waals surface area (Å²) in [6.45, 7) is 4.95. The van der Waals surface area contributed by atoms with E-state index in [4.69, 9.17) is 0 Å². The molecular formula is C25H28N2O2. The number of rotatable bonds is 4. The van der Waals surface area contributed by atoms with Gasteiger partial charge in [-0.25, -0.2) is 0 Å². The number of hydrogen-bond donors (Lipinski definition) is 1. The van der Waals surface area contributed by atoms with Crippen LogP contribution in [0.25, 0.3) is 0 Å². The molecule has 4 saturated heterocycles. The van der Waals surface area contributed by atoms with Gasteiger partial charge in [0.25, 0.3) is 5.91 Å². The summed E-state index contributed by atoms with van der Waals surface area (Å²) in [5.74, 6) is 0.402. The van der Waals surface area contributed by atoms with E-state index < -0.39 is 16.5 Å². The highest BCUT2D eigenvalue weighted by Crippen LogP contribution is 2.60. The molecule has 150 valence electrons. The van der Waals surface area contributed by atoms with E-state index in [9.17, 15) is 9.59 Å². The normalized spacial score (nSPS) is 29.8. The van der Waals surface area contributed by atoms with Crippen molar-refractivity contribution in [3.8, 4) is 0 Å². The first-order valence-corrected chi connectivity index (χ1v) is 10.7. The van der Waals surface area contributed by atoms with Crippen molar-refractivity contribution in [3.05, 3.63) is 71.8 Å². The molecular weight excluding hydrogens is 360 g/mol. The summed E-state index contributed by atoms with van der Waals surface area (Å²) in [6.07, 6.45) is 2.90. The van der Waals surface area contributed by atoms with Gasteiger partial charge in [0.15, 0.2) is 0 Å². The standard InChI is InChI=1S/C25H28N2O2/c1-18(2)16-25-22(29)27-15-9-14-23(27,21(28)26-25)17-24(25,19-10-5-3-6-11-19)20-12-7-4-8-13-20/h3-8,10-13,18H,9,14-17H2,1-2H3,(H,26,28)/t23-,25+/m0/s1. The van der Waals surface area contributed by atoms with Gasteiger partial charge in [0.05, 0.1) is 5.41 Å². The fraction of sp³-hybridized carbons (Fsp3) is 0.440. The van der Waals surface area contributed by atoms with Crippen LogP contribution < -0.4 is 5.32 Å². The molecule has 2 amide bonds. The van der Waals surface area contributed by atoms with Crippen LogP contribution in [0.4, 0.5) is 0 Å². The summed E-state index contributed by atoms with van der Waals surface area (Å²) < 4.78 is 0. The molecule has 0 aliphatic carbocycles. The van der Waals surface area contributed by atoms with Gasteiger partial charge in [0.1, 0.15) is 11.1 Å². The minimum Gasteiger partial charge on any atom is -0.339 e. The number of piperazine rings is 1. The zero-order chi connectivity index (χ0) is 20.3. The Balaban J connectivity index is 1.86. The number of nitrogens with zero attached hydrogens (tertiary/aromatic N) is 1. The maximum atomic E-state index is 14.1. The van der Waals surface area contributed by atoms with Crippen molar-refractivity contribution in [3.63, 3.8) is 0 Å². The van der Waals surface area contributed by atoms with Gasteiger partial charge in [-0.1, -0.05) is 74.5 Å². The number of hydrogen-bond acceptors (Lipinski definition) is 2. The number of nitrogens with one attached hydrogen (secondary N) is 1. The number of piperidine rings is 2. The molecule has 29 heavy (non-hydrogen) atoms. The van der Waals surface area contributed by atoms with Crippen molar-refractivity contribution in [1.29, 1.82) is 0 Å². The molecule has 2 aromatic carbocycles. The van der Waals surface area contributed by atoms with E-state index in [-0.39, 0.29) is 17.7 Å². The quantitative estimate of drug-likeness (QED) is 0.869. The summed E-state index contributed by atoms with van der Waals surface area (Å²) in [5.41, 5.74) is -0.0440. The lowest BCUT2D eigenvalue weighted by Gasteiger charge is -2.65. The van der Waals surface area contributed by atoms with Crippen LogP contribution in [0.1, 0.15) is 50.7 Å². The molecule has 0 aromatic heterocycles. The molecule has 4 aliphatic heterocycles. The third-order valence-corrected chi connectivity index (χ3v) is 7.38. The molecule has 2 bridgehead atoms. The van der Waals surface area contributed by atoms with E-state index in [1.807, 2.05) is 41.3 Å². The summed E-state index contributed by atoms with van der Waals surface area (Å²) in [4.78, 5) is 29.5. The number of amides is 2. The van der Waals surface area contributed by atoms with E-state index >= 15 is 0 Å². The van der Waals surface area contributed by atoms with Crippen LogP contribution in [0.5, 0.6) is 0 Å². The fourth-order valence-corrected chi connectivity index (χ4v) is 6.38. The van der Waals surface area contributed by atoms with Gasteiger partial charge < -0.3 is 10.2 Å². The molecule has 6 rings (SSSR count). The van der Waals surface area contributed by atoms with E-state index in [1.54, 1.807) is 0 Å². The van der Waals surface area contributed by atoms with Crippen LogP contribution in [0.2, 0.25) is 0 Å². The van der Waals surface area contributed by atoms with E-state index in [0.29, 0.717) is 19.4 Å². The second kappa shape index (κ2) is 6.19. The van der Waals surface area contributed by atoms with Crippen LogP contribution in [-0.4, -0.2) is 34.3 Å². The Hall–Kier alpha value is -2.62. The second-order valence-corrected chi connectivity index (χ2v) is 9.36. The van der Waals surface area contributed by atoms with Crippen molar-refractivity contribution in [2.75, 3.05) is 6.54 Å². The molecule has 4 nitrogen and oxygen atoms in total. The minimum absolute atomic E-state index is 0.0396. The highest BCUT2D eigenvalue weighted by molar-refractivity contribution is 6.07. The Morgan fingerprint density at radius 1 is 0.966 bits per heavy atom. The van der Waals surface area contributed by atoms with Gasteiger partial charge in [0, 0.05) is 6.54 Å². The van der Waals surface area contributed by atoms with Crippen LogP contribution >= 0.6 is 0 Å². The molecule has 2 aromatic rings. The molecule has 4 fully saturated rings. The van der Waals surface area contributed by atoms with Crippen molar-refractivity contribution < 1.29 is 9.59 Å². The Bertz CT molecular complexity index is 916. The Morgan fingerprint density at radius 3 is 2.10 bits per heavy atom. The zero-order valence-corrected chi connectivity index (χ0v) is 17.2. The fourth-order valence-electron chi connectivity index (χ4n) is 6.38. The largest absolute Gasteiger partial charge is 0.339 e. The maximum absolute atomic E-state index is 14.1. The molecule has 4 heteroatoms. The van der Waals surface area contributed by atoms with Crippen LogP contribution in [0, 0.1) is 5.92 Å². The highest BCUT2D eigenvalue weighted by atomic mass is 16.2. The smallest absolute Gasteiger partial charge is 0.250 e. The lowest BCUT2D eigenvalue weighted by molar-refractivity contribution is -0.176. The van der Waals surface area contributed by atoms with Gasteiger partial charge in [0.2, 0.25) is 5.91 Å². The predicted molar refractivity (Wildman–Crippen MR) is 112 cm³/mol. The average molecular weight is 389 g/mol. The monoisotopic (exact) mass is 388 g/mol. The van der Waals surface area contributed by atoms with Crippen molar-refractivity contribution >= 4 is 11.8 Å². The molecule has 1 spiro atoms. The zero-order valence-electron chi connectivity index (χ0n) is 17.2. The van der Waals surface area contributed by atoms with Gasteiger partial charge in [-0.15, -0.1) is 0 Å². The second-order valence-electron chi connectivity index (χ2n) is 9.36. The molecule has 0 saturated carbocycles. The molecule has 0 radical (unpaired) electrons. The first-order chi connectivity index (χ1) is 14.0. The summed E-state index contributed by atoms with van der Waals surface area (Å²) in [5, 5.41) is 3.33. The summed E-state index contributed by atoms with van der Waals surface area (Å²) in [6, 6.07) is 20.7. The molecule has 2 atom stereocenters. The molecule has 4 heterocycles. The van der Waals surface area contributed by atoms with Gasteiger partial charge in [-0.05, 0) is 42.7 Å². The highest BCUT2D eigenvalue weighted by Gasteiger charge is 2.75. The van der Waals surface area contributed by atoms with Crippen LogP contribution in [0.15, 0.2) is 60.7 Å². The van der Waals surface area contributed by atoms with Crippen molar-refractivity contribution in [2.24, 2.45) is 5.92 Å². The SMILES string of the molecule is CC(C)C[C@@]12NC(=O)[C@]3(CCCN3C1=O)CC2(c1ccccc1)c1ccccc1. The molecule has 4 aliphatic rings. The Labute approximate surface area is 172 Å². The number of carbonyl (C=O) groups excluding carboxylic acids is 2. The van der Waals surface area contributed by atoms with Gasteiger partial charge in [-0.3, -0.25) is 9.59 Å². The summed E-state index contributed by atoms with van der Waals surface area (Å²) in [7, 11) is 0. The minimum atomic E-state index is -0.965. The number of benzene rings is 2. The first kappa shape index (κ1) is 18.4. The molecule has 0 unspecified atom stereocenters. The first-order valence-electron chi connectivity index (χ1n) is 10.7. The Kier molecular flexibility index (Phi) is 3.93. The van der Waals surface area contributed by atoms with Crippen molar-refractivity contribution in [2.45, 2.75) is 56.0 Å². The lowest BCUT2D eigenvalue weighted by atomic mass is 9.49. The third kappa shape index (κ3) is 2.20. The number of fused-ring (bicyclic) bond motifs is 2. The van der Waals surface area contributed by atoms with E-state index in [0.717, 1.165) is 24.0 Å². The van der Waals surface area contributed by atoms with E-state index in [1.165, 1.54) is 0 Å². The van der Waals surface area contributed by atoms with Crippen LogP contribution in [0.3, 0.4) is 0 Å². The topological polar surface area (TPSA) is 49.4 Å². The van der Waals surface area contributed by atoms with Gasteiger partial charge >= 0.3 is 0 Å². The van der Waals surface area contributed by atoms with Gasteiger partial charge in [-0.2, -0.15) is 0 Å². The lowest BCUT2D eigenvalue weighted by Crippen LogP contribution is -2.86. The van der Waals surface area contributed by atoms with E-state index in [2.05, 4.69) is 43.4 Å². The number of carbonyl (C=O) groups is 2. The molecule has 1 N–H and O–H groups in total. The predicted octanol–water partition coefficient (Wildman–Crippen LogP) is 3.65. The average Bonchev–Trinajstić information content (AvgIpc) is 3.16. The Morgan fingerprint density at radius 2 is 1.55 bits per heavy atom. The maximum Gasteiger partial charge on any atom is 0.250 e. The van der Waals surface area contributed by atoms with Crippen LogP contribution in [-0.2, 0) is 15.0 Å². The third-order valence-electron chi connectivity index (χ3n) is 7.38. The summed E-state index contributed by atoms with van der Waals surface area (Å²) >= 11 is 0.